The number of aryl methyl sites for hydroxylation is 2. The summed E-state index contributed by atoms with van der Waals surface area (Å²) < 4.78 is 27.3. The van der Waals surface area contributed by atoms with Crippen LogP contribution < -0.4 is 0 Å². The first-order valence-electron chi connectivity index (χ1n) is 8.71. The molecule has 1 atom stereocenters. The molecule has 0 aromatic carbocycles. The maximum absolute atomic E-state index is 11.9. The molecule has 1 fully saturated rings. The second-order valence-electron chi connectivity index (χ2n) is 6.63. The maximum atomic E-state index is 11.9. The van der Waals surface area contributed by atoms with Gasteiger partial charge in [0.2, 0.25) is 10.0 Å². The van der Waals surface area contributed by atoms with Crippen molar-refractivity contribution in [3.05, 3.63) is 29.8 Å². The molecule has 25 heavy (non-hydrogen) atoms. The van der Waals surface area contributed by atoms with Gasteiger partial charge in [0, 0.05) is 37.4 Å². The molecule has 1 aliphatic heterocycles. The van der Waals surface area contributed by atoms with Crippen molar-refractivity contribution < 1.29 is 8.42 Å². The second kappa shape index (κ2) is 7.21. The Morgan fingerprint density at radius 3 is 2.84 bits per heavy atom. The third kappa shape index (κ3) is 4.07. The van der Waals surface area contributed by atoms with Gasteiger partial charge in [0.15, 0.2) is 0 Å². The predicted molar refractivity (Wildman–Crippen MR) is 96.7 cm³/mol. The van der Waals surface area contributed by atoms with Crippen molar-refractivity contribution >= 4 is 10.0 Å². The van der Waals surface area contributed by atoms with Crippen LogP contribution in [0.3, 0.4) is 0 Å². The summed E-state index contributed by atoms with van der Waals surface area (Å²) in [6.45, 7) is 5.92. The van der Waals surface area contributed by atoms with Crippen molar-refractivity contribution in [2.45, 2.75) is 45.6 Å². The first-order valence-corrected chi connectivity index (χ1v) is 10.6. The minimum Gasteiger partial charge on any atom is -0.263 e. The molecule has 1 aliphatic rings. The van der Waals surface area contributed by atoms with Crippen molar-refractivity contribution in [2.24, 2.45) is 0 Å². The maximum Gasteiger partial charge on any atom is 0.211 e. The molecule has 0 saturated carbocycles. The van der Waals surface area contributed by atoms with Gasteiger partial charge in [-0.25, -0.2) is 22.7 Å². The van der Waals surface area contributed by atoms with Gasteiger partial charge >= 0.3 is 0 Å². The highest BCUT2D eigenvalue weighted by atomic mass is 32.2. The average molecular weight is 363 g/mol. The number of rotatable bonds is 5. The third-order valence-electron chi connectivity index (χ3n) is 4.54. The highest BCUT2D eigenvalue weighted by Gasteiger charge is 2.28. The zero-order valence-electron chi connectivity index (χ0n) is 15.0. The summed E-state index contributed by atoms with van der Waals surface area (Å²) in [5.74, 6) is 0.805. The zero-order chi connectivity index (χ0) is 18.0. The summed E-state index contributed by atoms with van der Waals surface area (Å²) >= 11 is 0. The van der Waals surface area contributed by atoms with E-state index in [9.17, 15) is 8.42 Å². The lowest BCUT2D eigenvalue weighted by atomic mass is 9.95. The molecule has 0 aliphatic carbocycles. The number of piperidine rings is 1. The molecular formula is C17H25N5O2S. The van der Waals surface area contributed by atoms with E-state index in [-0.39, 0.29) is 5.92 Å². The summed E-state index contributed by atoms with van der Waals surface area (Å²) in [7, 11) is -3.17. The third-order valence-corrected chi connectivity index (χ3v) is 5.81. The van der Waals surface area contributed by atoms with Crippen LogP contribution in [0.2, 0.25) is 0 Å². The molecule has 0 N–H and O–H groups in total. The molecule has 1 unspecified atom stereocenters. The van der Waals surface area contributed by atoms with E-state index >= 15 is 0 Å². The lowest BCUT2D eigenvalue weighted by Crippen LogP contribution is -2.38. The SMILES string of the molecule is CCCn1nccc1-c1cc(C2CCCN(S(C)(=O)=O)C2)nc(C)n1. The first-order chi connectivity index (χ1) is 11.9. The Morgan fingerprint density at radius 2 is 2.12 bits per heavy atom. The Morgan fingerprint density at radius 1 is 1.32 bits per heavy atom. The number of sulfonamides is 1. The molecule has 8 heteroatoms. The fraction of sp³-hybridized carbons (Fsp3) is 0.588. The largest absolute Gasteiger partial charge is 0.263 e. The van der Waals surface area contributed by atoms with Crippen LogP contribution in [0.15, 0.2) is 18.3 Å². The van der Waals surface area contributed by atoms with E-state index in [4.69, 9.17) is 0 Å². The summed E-state index contributed by atoms with van der Waals surface area (Å²) in [5.41, 5.74) is 2.74. The molecule has 0 radical (unpaired) electrons. The monoisotopic (exact) mass is 363 g/mol. The highest BCUT2D eigenvalue weighted by molar-refractivity contribution is 7.88. The van der Waals surface area contributed by atoms with Crippen LogP contribution in [-0.2, 0) is 16.6 Å². The van der Waals surface area contributed by atoms with Gasteiger partial charge in [-0.3, -0.25) is 4.68 Å². The number of hydrogen-bond donors (Lipinski definition) is 0. The lowest BCUT2D eigenvalue weighted by Gasteiger charge is -2.30. The Labute approximate surface area is 149 Å². The molecule has 2 aromatic heterocycles. The van der Waals surface area contributed by atoms with E-state index in [1.54, 1.807) is 10.5 Å². The van der Waals surface area contributed by atoms with Gasteiger partial charge in [-0.1, -0.05) is 6.92 Å². The van der Waals surface area contributed by atoms with E-state index in [2.05, 4.69) is 22.0 Å². The van der Waals surface area contributed by atoms with Crippen LogP contribution in [0, 0.1) is 6.92 Å². The normalized spacial score (nSPS) is 19.2. The zero-order valence-corrected chi connectivity index (χ0v) is 15.8. The summed E-state index contributed by atoms with van der Waals surface area (Å²) in [4.78, 5) is 9.18. The molecule has 1 saturated heterocycles. The van der Waals surface area contributed by atoms with Gasteiger partial charge in [-0.2, -0.15) is 5.10 Å². The van der Waals surface area contributed by atoms with Crippen molar-refractivity contribution in [1.82, 2.24) is 24.1 Å². The Kier molecular flexibility index (Phi) is 5.19. The van der Waals surface area contributed by atoms with Crippen LogP contribution >= 0.6 is 0 Å². The first kappa shape index (κ1) is 18.0. The van der Waals surface area contributed by atoms with E-state index in [1.807, 2.05) is 23.7 Å². The summed E-state index contributed by atoms with van der Waals surface area (Å²) in [6, 6.07) is 3.96. The van der Waals surface area contributed by atoms with E-state index in [1.165, 1.54) is 6.26 Å². The van der Waals surface area contributed by atoms with E-state index < -0.39 is 10.0 Å². The number of nitrogens with zero attached hydrogens (tertiary/aromatic N) is 5. The van der Waals surface area contributed by atoms with Crippen molar-refractivity contribution in [2.75, 3.05) is 19.3 Å². The van der Waals surface area contributed by atoms with Gasteiger partial charge in [0.25, 0.3) is 0 Å². The van der Waals surface area contributed by atoms with Crippen molar-refractivity contribution in [3.8, 4) is 11.4 Å². The Balaban J connectivity index is 1.93. The molecule has 3 heterocycles. The summed E-state index contributed by atoms with van der Waals surface area (Å²) in [5, 5.41) is 4.37. The van der Waals surface area contributed by atoms with Gasteiger partial charge in [0.05, 0.1) is 17.6 Å². The highest BCUT2D eigenvalue weighted by Crippen LogP contribution is 2.29. The van der Waals surface area contributed by atoms with Crippen LogP contribution in [0.1, 0.15) is 43.6 Å². The topological polar surface area (TPSA) is 81.0 Å². The second-order valence-corrected chi connectivity index (χ2v) is 8.61. The quantitative estimate of drug-likeness (QED) is 0.813. The predicted octanol–water partition coefficient (Wildman–Crippen LogP) is 2.20. The standard InChI is InChI=1S/C17H25N5O2S/c1-4-9-22-17(7-8-18-22)16-11-15(19-13(2)20-16)14-6-5-10-21(12-14)25(3,23)24/h7-8,11,14H,4-6,9-10,12H2,1-3H3. The molecular weight excluding hydrogens is 338 g/mol. The van der Waals surface area contributed by atoms with Crippen LogP contribution in [0.25, 0.3) is 11.4 Å². The van der Waals surface area contributed by atoms with Crippen LogP contribution in [0.5, 0.6) is 0 Å². The van der Waals surface area contributed by atoms with E-state index in [0.717, 1.165) is 42.9 Å². The lowest BCUT2D eigenvalue weighted by molar-refractivity contribution is 0.314. The molecule has 2 aromatic rings. The average Bonchev–Trinajstić information content (AvgIpc) is 3.02. The smallest absolute Gasteiger partial charge is 0.211 e. The molecule has 3 rings (SSSR count). The molecule has 0 spiro atoms. The van der Waals surface area contributed by atoms with Gasteiger partial charge in [-0.15, -0.1) is 0 Å². The summed E-state index contributed by atoms with van der Waals surface area (Å²) in [6.07, 6.45) is 5.85. The van der Waals surface area contributed by atoms with Gasteiger partial charge in [0.1, 0.15) is 5.82 Å². The molecule has 0 amide bonds. The Hall–Kier alpha value is -1.80. The fourth-order valence-corrected chi connectivity index (χ4v) is 4.27. The van der Waals surface area contributed by atoms with Gasteiger partial charge < -0.3 is 0 Å². The van der Waals surface area contributed by atoms with Crippen molar-refractivity contribution in [3.63, 3.8) is 0 Å². The number of aromatic nitrogens is 4. The van der Waals surface area contributed by atoms with Crippen molar-refractivity contribution in [1.29, 1.82) is 0 Å². The van der Waals surface area contributed by atoms with Crippen LogP contribution in [-0.4, -0.2) is 51.8 Å². The molecule has 136 valence electrons. The molecule has 7 nitrogen and oxygen atoms in total. The fourth-order valence-electron chi connectivity index (χ4n) is 3.36. The number of hydrogen-bond acceptors (Lipinski definition) is 5. The van der Waals surface area contributed by atoms with E-state index in [0.29, 0.717) is 18.9 Å². The Bertz CT molecular complexity index is 846. The van der Waals surface area contributed by atoms with Crippen LogP contribution in [0.4, 0.5) is 0 Å². The van der Waals surface area contributed by atoms with Gasteiger partial charge in [-0.05, 0) is 38.3 Å². The molecule has 0 bridgehead atoms. The minimum atomic E-state index is -3.17. The minimum absolute atomic E-state index is 0.103.